The number of hydrogen-bond acceptors (Lipinski definition) is 2. The third-order valence-electron chi connectivity index (χ3n) is 4.99. The summed E-state index contributed by atoms with van der Waals surface area (Å²) in [5, 5.41) is 5.77. The number of rotatable bonds is 5. The molecule has 1 heterocycles. The maximum atomic E-state index is 12.5. The molecule has 0 aliphatic carbocycles. The molecule has 5 heteroatoms. The van der Waals surface area contributed by atoms with Crippen LogP contribution in [-0.4, -0.2) is 36.5 Å². The summed E-state index contributed by atoms with van der Waals surface area (Å²) in [5.41, 5.74) is 2.66. The molecule has 2 aromatic carbocycles. The van der Waals surface area contributed by atoms with Crippen molar-refractivity contribution in [1.29, 1.82) is 0 Å². The van der Waals surface area contributed by atoms with Crippen LogP contribution in [0, 0.1) is 0 Å². The lowest BCUT2D eigenvalue weighted by Gasteiger charge is -2.32. The Morgan fingerprint density at radius 3 is 2.30 bits per heavy atom. The Hall–Kier alpha value is -2.82. The number of carbonyl (C=O) groups excluding carboxylic acids is 2. The van der Waals surface area contributed by atoms with E-state index in [9.17, 15) is 9.59 Å². The molecule has 142 valence electrons. The third kappa shape index (κ3) is 5.09. The quantitative estimate of drug-likeness (QED) is 0.833. The smallest absolute Gasteiger partial charge is 0.321 e. The molecule has 1 aliphatic rings. The van der Waals surface area contributed by atoms with Gasteiger partial charge in [0, 0.05) is 30.9 Å². The van der Waals surface area contributed by atoms with Crippen molar-refractivity contribution in [2.45, 2.75) is 32.1 Å². The highest BCUT2D eigenvalue weighted by Crippen LogP contribution is 2.28. The average molecular weight is 365 g/mol. The molecule has 3 amide bonds. The number of carbonyl (C=O) groups is 2. The zero-order valence-electron chi connectivity index (χ0n) is 15.8. The largest absolute Gasteiger partial charge is 0.352 e. The minimum absolute atomic E-state index is 0.0790. The molecule has 0 aromatic heterocycles. The topological polar surface area (TPSA) is 61.4 Å². The van der Waals surface area contributed by atoms with Crippen LogP contribution < -0.4 is 10.6 Å². The number of nitrogens with zero attached hydrogens (tertiary/aromatic N) is 1. The first-order valence-corrected chi connectivity index (χ1v) is 9.66. The first-order chi connectivity index (χ1) is 13.2. The highest BCUT2D eigenvalue weighted by molar-refractivity contribution is 5.95. The Bertz CT molecular complexity index is 751. The number of benzene rings is 2. The summed E-state index contributed by atoms with van der Waals surface area (Å²) in [6, 6.07) is 17.4. The summed E-state index contributed by atoms with van der Waals surface area (Å²) in [7, 11) is 0. The minimum atomic E-state index is -0.0855. The molecule has 0 saturated carbocycles. The van der Waals surface area contributed by atoms with Gasteiger partial charge in [0.15, 0.2) is 0 Å². The van der Waals surface area contributed by atoms with Gasteiger partial charge in [-0.2, -0.15) is 0 Å². The van der Waals surface area contributed by atoms with Crippen molar-refractivity contribution in [3.8, 4) is 0 Å². The molecule has 0 atom stereocenters. The molecule has 5 nitrogen and oxygen atoms in total. The van der Waals surface area contributed by atoms with E-state index >= 15 is 0 Å². The predicted molar refractivity (Wildman–Crippen MR) is 108 cm³/mol. The van der Waals surface area contributed by atoms with Crippen molar-refractivity contribution in [2.24, 2.45) is 0 Å². The van der Waals surface area contributed by atoms with E-state index in [1.165, 1.54) is 5.56 Å². The Labute approximate surface area is 160 Å². The molecule has 3 rings (SSSR count). The standard InChI is InChI=1S/C22H27N3O2/c1-2-14-23-21(26)19-8-10-20(11-9-19)24-22(27)25-15-12-18(13-16-25)17-6-4-3-5-7-17/h3-11,18H,2,12-16H2,1H3,(H,23,26)(H,24,27). The number of anilines is 1. The van der Waals surface area contributed by atoms with Crippen molar-refractivity contribution >= 4 is 17.6 Å². The van der Waals surface area contributed by atoms with Gasteiger partial charge < -0.3 is 15.5 Å². The fourth-order valence-corrected chi connectivity index (χ4v) is 3.39. The molecule has 1 aliphatic heterocycles. The summed E-state index contributed by atoms with van der Waals surface area (Å²) in [4.78, 5) is 26.3. The van der Waals surface area contributed by atoms with Crippen molar-refractivity contribution in [2.75, 3.05) is 25.0 Å². The molecular formula is C22H27N3O2. The van der Waals surface area contributed by atoms with Crippen LogP contribution in [0.4, 0.5) is 10.5 Å². The van der Waals surface area contributed by atoms with E-state index in [4.69, 9.17) is 0 Å². The number of amides is 3. The monoisotopic (exact) mass is 365 g/mol. The summed E-state index contributed by atoms with van der Waals surface area (Å²) >= 11 is 0. The van der Waals surface area contributed by atoms with E-state index in [0.29, 0.717) is 23.7 Å². The van der Waals surface area contributed by atoms with E-state index in [1.54, 1.807) is 24.3 Å². The lowest BCUT2D eigenvalue weighted by atomic mass is 9.90. The molecule has 0 unspecified atom stereocenters. The summed E-state index contributed by atoms with van der Waals surface area (Å²) < 4.78 is 0. The average Bonchev–Trinajstić information content (AvgIpc) is 2.73. The van der Waals surface area contributed by atoms with E-state index in [1.807, 2.05) is 17.9 Å². The van der Waals surface area contributed by atoms with E-state index in [2.05, 4.69) is 34.9 Å². The maximum Gasteiger partial charge on any atom is 0.321 e. The van der Waals surface area contributed by atoms with Crippen LogP contribution in [0.3, 0.4) is 0 Å². The number of hydrogen-bond donors (Lipinski definition) is 2. The van der Waals surface area contributed by atoms with Gasteiger partial charge >= 0.3 is 6.03 Å². The molecule has 0 radical (unpaired) electrons. The Morgan fingerprint density at radius 2 is 1.67 bits per heavy atom. The van der Waals surface area contributed by atoms with E-state index in [0.717, 1.165) is 32.4 Å². The van der Waals surface area contributed by atoms with E-state index in [-0.39, 0.29) is 11.9 Å². The summed E-state index contributed by atoms with van der Waals surface area (Å²) in [6.45, 7) is 4.18. The van der Waals surface area contributed by atoms with Crippen LogP contribution in [0.25, 0.3) is 0 Å². The van der Waals surface area contributed by atoms with Gasteiger partial charge in [-0.05, 0) is 55.0 Å². The van der Waals surface area contributed by atoms with Gasteiger partial charge in [-0.1, -0.05) is 37.3 Å². The van der Waals surface area contributed by atoms with Crippen LogP contribution in [0.5, 0.6) is 0 Å². The Morgan fingerprint density at radius 1 is 1.00 bits per heavy atom. The van der Waals surface area contributed by atoms with Gasteiger partial charge in [-0.25, -0.2) is 4.79 Å². The highest BCUT2D eigenvalue weighted by atomic mass is 16.2. The maximum absolute atomic E-state index is 12.5. The van der Waals surface area contributed by atoms with Gasteiger partial charge in [0.2, 0.25) is 0 Å². The second kappa shape index (κ2) is 9.21. The SMILES string of the molecule is CCCNC(=O)c1ccc(NC(=O)N2CCC(c3ccccc3)CC2)cc1. The van der Waals surface area contributed by atoms with Gasteiger partial charge in [-0.3, -0.25) is 4.79 Å². The molecule has 2 N–H and O–H groups in total. The molecule has 2 aromatic rings. The zero-order valence-corrected chi connectivity index (χ0v) is 15.8. The second-order valence-electron chi connectivity index (χ2n) is 6.94. The zero-order chi connectivity index (χ0) is 19.1. The number of piperidine rings is 1. The first kappa shape index (κ1) is 19.0. The van der Waals surface area contributed by atoms with Crippen molar-refractivity contribution in [3.05, 3.63) is 65.7 Å². The normalized spacial score (nSPS) is 14.6. The third-order valence-corrected chi connectivity index (χ3v) is 4.99. The van der Waals surface area contributed by atoms with Crippen LogP contribution in [0.2, 0.25) is 0 Å². The molecule has 1 fully saturated rings. The molecule has 0 bridgehead atoms. The number of likely N-dealkylation sites (tertiary alicyclic amines) is 1. The van der Waals surface area contributed by atoms with E-state index < -0.39 is 0 Å². The van der Waals surface area contributed by atoms with Crippen molar-refractivity contribution < 1.29 is 9.59 Å². The Kier molecular flexibility index (Phi) is 6.47. The fraction of sp³-hybridized carbons (Fsp3) is 0.364. The van der Waals surface area contributed by atoms with Gasteiger partial charge in [0.1, 0.15) is 0 Å². The van der Waals surface area contributed by atoms with Gasteiger partial charge in [0.25, 0.3) is 5.91 Å². The van der Waals surface area contributed by atoms with Crippen LogP contribution >= 0.6 is 0 Å². The molecule has 0 spiro atoms. The number of nitrogens with one attached hydrogen (secondary N) is 2. The highest BCUT2D eigenvalue weighted by Gasteiger charge is 2.23. The summed E-state index contributed by atoms with van der Waals surface area (Å²) in [5.74, 6) is 0.439. The molecule has 1 saturated heterocycles. The van der Waals surface area contributed by atoms with Gasteiger partial charge in [0.05, 0.1) is 0 Å². The molecular weight excluding hydrogens is 338 g/mol. The lowest BCUT2D eigenvalue weighted by Crippen LogP contribution is -2.40. The van der Waals surface area contributed by atoms with Crippen LogP contribution in [0.1, 0.15) is 48.0 Å². The second-order valence-corrected chi connectivity index (χ2v) is 6.94. The van der Waals surface area contributed by atoms with Crippen LogP contribution in [-0.2, 0) is 0 Å². The Balaban J connectivity index is 1.50. The van der Waals surface area contributed by atoms with Crippen molar-refractivity contribution in [1.82, 2.24) is 10.2 Å². The number of urea groups is 1. The van der Waals surface area contributed by atoms with Gasteiger partial charge in [-0.15, -0.1) is 0 Å². The summed E-state index contributed by atoms with van der Waals surface area (Å²) in [6.07, 6.45) is 2.86. The molecule has 27 heavy (non-hydrogen) atoms. The predicted octanol–water partition coefficient (Wildman–Crippen LogP) is 4.24. The van der Waals surface area contributed by atoms with Crippen molar-refractivity contribution in [3.63, 3.8) is 0 Å². The van der Waals surface area contributed by atoms with Crippen LogP contribution in [0.15, 0.2) is 54.6 Å². The lowest BCUT2D eigenvalue weighted by molar-refractivity contribution is 0.0953. The minimum Gasteiger partial charge on any atom is -0.352 e. The fourth-order valence-electron chi connectivity index (χ4n) is 3.39. The first-order valence-electron chi connectivity index (χ1n) is 9.66.